The number of carbonyl (C=O) groups excluding carboxylic acids is 2. The molecule has 0 saturated heterocycles. The summed E-state index contributed by atoms with van der Waals surface area (Å²) < 4.78 is 26.4. The van der Waals surface area contributed by atoms with E-state index < -0.39 is 24.0 Å². The average molecular weight is 545 g/mol. The number of hydrogen-bond donors (Lipinski definition) is 3. The van der Waals surface area contributed by atoms with Crippen LogP contribution in [0.25, 0.3) is 10.6 Å². The van der Waals surface area contributed by atoms with Gasteiger partial charge in [0.25, 0.3) is 5.91 Å². The molecule has 1 heterocycles. The van der Waals surface area contributed by atoms with Gasteiger partial charge in [-0.2, -0.15) is 0 Å². The molecule has 0 fully saturated rings. The van der Waals surface area contributed by atoms with Gasteiger partial charge in [-0.05, 0) is 61.1 Å². The molecule has 3 N–H and O–H groups in total. The van der Waals surface area contributed by atoms with Crippen LogP contribution in [-0.4, -0.2) is 51.9 Å². The van der Waals surface area contributed by atoms with Gasteiger partial charge in [0.1, 0.15) is 32.7 Å². The number of thiazole rings is 1. The molecule has 0 aliphatic rings. The molecule has 1 aromatic heterocycles. The Morgan fingerprint density at radius 1 is 1.16 bits per heavy atom. The minimum Gasteiger partial charge on any atom is -0.384 e. The summed E-state index contributed by atoms with van der Waals surface area (Å²) in [6.07, 6.45) is 4.16. The van der Waals surface area contributed by atoms with Crippen LogP contribution < -0.4 is 10.6 Å². The number of carbonyl (C=O) groups is 2. The Labute approximate surface area is 221 Å². The Bertz CT molecular complexity index is 1250. The van der Waals surface area contributed by atoms with E-state index in [4.69, 9.17) is 0 Å². The van der Waals surface area contributed by atoms with Crippen LogP contribution in [0.3, 0.4) is 0 Å². The zero-order chi connectivity index (χ0) is 26.8. The van der Waals surface area contributed by atoms with Gasteiger partial charge in [0, 0.05) is 11.8 Å². The molecule has 0 aliphatic carbocycles. The predicted molar refractivity (Wildman–Crippen MR) is 144 cm³/mol. The molecule has 37 heavy (non-hydrogen) atoms. The number of aliphatic imine (C=N–C) groups is 1. The van der Waals surface area contributed by atoms with Gasteiger partial charge in [0.15, 0.2) is 0 Å². The summed E-state index contributed by atoms with van der Waals surface area (Å²) >= 11 is 2.35. The van der Waals surface area contributed by atoms with Crippen LogP contribution in [0.4, 0.5) is 8.78 Å². The number of thioether (sulfide) groups is 1. The summed E-state index contributed by atoms with van der Waals surface area (Å²) in [5.41, 5.74) is 1.52. The van der Waals surface area contributed by atoms with Gasteiger partial charge in [-0.25, -0.2) is 13.8 Å². The van der Waals surface area contributed by atoms with Crippen molar-refractivity contribution < 1.29 is 23.5 Å². The molecule has 2 atom stereocenters. The number of nitrogens with zero attached hydrogens (tertiary/aromatic N) is 2. The average Bonchev–Trinajstić information content (AvgIpc) is 3.39. The van der Waals surface area contributed by atoms with Crippen molar-refractivity contribution in [1.29, 1.82) is 0 Å². The summed E-state index contributed by atoms with van der Waals surface area (Å²) in [7, 11) is 0. The number of nitrogens with one attached hydrogen (secondary N) is 2. The standard InChI is InChI=1S/C26H26F2N4O3S2/c1-3-29-26(36-2)23(34)20(13-6-16-4-9-18(27)10-5-16)32-22(33)15-30-24(35)21-14-31-25(37-21)17-7-11-19(28)12-8-17/h3-5,7-12,14,20,23,34H,1,6,13,15H2,2H3,(H,30,35)(H,32,33). The van der Waals surface area contributed by atoms with E-state index in [2.05, 4.69) is 27.2 Å². The first kappa shape index (κ1) is 28.2. The van der Waals surface area contributed by atoms with Gasteiger partial charge in [-0.3, -0.25) is 14.6 Å². The molecule has 3 rings (SSSR count). The lowest BCUT2D eigenvalue weighted by molar-refractivity contribution is -0.121. The highest BCUT2D eigenvalue weighted by Gasteiger charge is 2.26. The third kappa shape index (κ3) is 8.31. The van der Waals surface area contributed by atoms with Crippen LogP contribution in [0, 0.1) is 11.6 Å². The third-order valence-corrected chi connectivity index (χ3v) is 7.11. The van der Waals surface area contributed by atoms with Gasteiger partial charge in [-0.15, -0.1) is 23.1 Å². The molecular formula is C26H26F2N4O3S2. The third-order valence-electron chi connectivity index (χ3n) is 5.30. The van der Waals surface area contributed by atoms with Crippen LogP contribution in [0.2, 0.25) is 0 Å². The maximum atomic E-state index is 13.2. The van der Waals surface area contributed by atoms with Crippen molar-refractivity contribution in [3.8, 4) is 10.6 Å². The number of aromatic nitrogens is 1. The van der Waals surface area contributed by atoms with E-state index in [1.54, 1.807) is 30.5 Å². The largest absolute Gasteiger partial charge is 0.384 e. The molecule has 0 bridgehead atoms. The molecular weight excluding hydrogens is 518 g/mol. The first-order valence-electron chi connectivity index (χ1n) is 11.2. The topological polar surface area (TPSA) is 104 Å². The number of aliphatic hydroxyl groups excluding tert-OH is 1. The second kappa shape index (κ2) is 13.8. The van der Waals surface area contributed by atoms with Crippen molar-refractivity contribution in [2.45, 2.75) is 25.0 Å². The van der Waals surface area contributed by atoms with E-state index in [-0.39, 0.29) is 18.2 Å². The summed E-state index contributed by atoms with van der Waals surface area (Å²) in [6, 6.07) is 11.0. The maximum Gasteiger partial charge on any atom is 0.263 e. The molecule has 3 aromatic rings. The fourth-order valence-corrected chi connectivity index (χ4v) is 4.83. The van der Waals surface area contributed by atoms with Crippen molar-refractivity contribution in [3.63, 3.8) is 0 Å². The molecule has 2 aromatic carbocycles. The smallest absolute Gasteiger partial charge is 0.263 e. The summed E-state index contributed by atoms with van der Waals surface area (Å²) in [5, 5.41) is 17.1. The van der Waals surface area contributed by atoms with Crippen molar-refractivity contribution in [1.82, 2.24) is 15.6 Å². The van der Waals surface area contributed by atoms with Crippen LogP contribution >= 0.6 is 23.1 Å². The second-order valence-corrected chi connectivity index (χ2v) is 9.71. The first-order valence-corrected chi connectivity index (χ1v) is 13.3. The van der Waals surface area contributed by atoms with Crippen LogP contribution in [-0.2, 0) is 11.2 Å². The number of benzene rings is 2. The van der Waals surface area contributed by atoms with Crippen molar-refractivity contribution >= 4 is 40.0 Å². The predicted octanol–water partition coefficient (Wildman–Crippen LogP) is 4.20. The monoisotopic (exact) mass is 544 g/mol. The van der Waals surface area contributed by atoms with E-state index in [1.165, 1.54) is 48.4 Å². The molecule has 0 spiro atoms. The van der Waals surface area contributed by atoms with E-state index in [0.717, 1.165) is 16.9 Å². The Morgan fingerprint density at radius 3 is 2.43 bits per heavy atom. The van der Waals surface area contributed by atoms with E-state index >= 15 is 0 Å². The number of halogens is 2. The highest BCUT2D eigenvalue weighted by Crippen LogP contribution is 2.25. The molecule has 7 nitrogen and oxygen atoms in total. The Hall–Kier alpha value is -3.41. The van der Waals surface area contributed by atoms with Gasteiger partial charge < -0.3 is 15.7 Å². The highest BCUT2D eigenvalue weighted by molar-refractivity contribution is 8.13. The molecule has 0 saturated carbocycles. The summed E-state index contributed by atoms with van der Waals surface area (Å²) in [4.78, 5) is 33.8. The SMILES string of the molecule is C=CN=C(SC)C(O)C(CCc1ccc(F)cc1)NC(=O)CNC(=O)c1cnc(-c2ccc(F)cc2)s1. The number of aliphatic hydroxyl groups is 1. The molecule has 194 valence electrons. The van der Waals surface area contributed by atoms with E-state index in [0.29, 0.717) is 33.3 Å². The van der Waals surface area contributed by atoms with Crippen molar-refractivity contribution in [2.75, 3.05) is 12.8 Å². The summed E-state index contributed by atoms with van der Waals surface area (Å²) in [5.74, 6) is -1.70. The van der Waals surface area contributed by atoms with Crippen molar-refractivity contribution in [2.24, 2.45) is 4.99 Å². The van der Waals surface area contributed by atoms with Crippen molar-refractivity contribution in [3.05, 3.63) is 89.6 Å². The molecule has 2 amide bonds. The summed E-state index contributed by atoms with van der Waals surface area (Å²) in [6.45, 7) is 3.23. The second-order valence-electron chi connectivity index (χ2n) is 7.86. The minimum absolute atomic E-state index is 0.294. The van der Waals surface area contributed by atoms with Crippen LogP contribution in [0.1, 0.15) is 21.7 Å². The normalized spacial score (nSPS) is 13.0. The molecule has 0 aliphatic heterocycles. The minimum atomic E-state index is -1.10. The number of amides is 2. The van der Waals surface area contributed by atoms with Gasteiger partial charge >= 0.3 is 0 Å². The van der Waals surface area contributed by atoms with E-state index in [9.17, 15) is 23.5 Å². The Balaban J connectivity index is 1.61. The fraction of sp³-hybridized carbons (Fsp3) is 0.231. The lowest BCUT2D eigenvalue weighted by Crippen LogP contribution is -2.49. The Morgan fingerprint density at radius 2 is 1.81 bits per heavy atom. The van der Waals surface area contributed by atoms with Gasteiger partial charge in [0.2, 0.25) is 5.91 Å². The quantitative estimate of drug-likeness (QED) is 0.248. The fourth-order valence-electron chi connectivity index (χ4n) is 3.40. The Kier molecular flexibility index (Phi) is 10.5. The highest BCUT2D eigenvalue weighted by atomic mass is 32.2. The first-order chi connectivity index (χ1) is 17.8. The maximum absolute atomic E-state index is 13.2. The molecule has 0 radical (unpaired) electrons. The van der Waals surface area contributed by atoms with E-state index in [1.807, 2.05) is 0 Å². The van der Waals surface area contributed by atoms with Gasteiger partial charge in [-0.1, -0.05) is 18.7 Å². The van der Waals surface area contributed by atoms with Gasteiger partial charge in [0.05, 0.1) is 18.8 Å². The molecule has 2 unspecified atom stereocenters. The van der Waals surface area contributed by atoms with Crippen LogP contribution in [0.15, 0.2) is 72.5 Å². The molecule has 11 heteroatoms. The number of aryl methyl sites for hydroxylation is 1. The lowest BCUT2D eigenvalue weighted by atomic mass is 10.0. The number of hydrogen-bond acceptors (Lipinski definition) is 7. The zero-order valence-corrected chi connectivity index (χ0v) is 21.6. The van der Waals surface area contributed by atoms with Crippen LogP contribution in [0.5, 0.6) is 0 Å². The lowest BCUT2D eigenvalue weighted by Gasteiger charge is -2.25. The number of rotatable bonds is 11. The zero-order valence-electron chi connectivity index (χ0n) is 20.0.